The molecule has 4 heterocycles. The molecule has 16 nitrogen and oxygen atoms in total. The molecule has 0 spiro atoms. The Morgan fingerprint density at radius 1 is 0.781 bits per heavy atom. The number of carboxylic acids is 1. The van der Waals surface area contributed by atoms with E-state index in [9.17, 15) is 39.6 Å². The number of nitrogens with zero attached hydrogens (tertiary/aromatic N) is 6. The third-order valence-electron chi connectivity index (χ3n) is 12.0. The molecule has 2 saturated heterocycles. The predicted molar refractivity (Wildman–Crippen MR) is 238 cm³/mol. The summed E-state index contributed by atoms with van der Waals surface area (Å²) in [4.78, 5) is 71.9. The van der Waals surface area contributed by atoms with E-state index >= 15 is 0 Å². The maximum absolute atomic E-state index is 12.6. The lowest BCUT2D eigenvalue weighted by molar-refractivity contribution is -0.154. The maximum atomic E-state index is 12.6. The Kier molecular flexibility index (Phi) is 17.6. The van der Waals surface area contributed by atoms with Crippen LogP contribution in [0.3, 0.4) is 0 Å². The number of aromatic nitrogens is 2. The number of nitriles is 2. The second kappa shape index (κ2) is 22.2. The first-order valence-corrected chi connectivity index (χ1v) is 21.9. The number of esters is 1. The molecule has 2 aliphatic carbocycles. The Labute approximate surface area is 376 Å². The molecule has 344 valence electrons. The van der Waals surface area contributed by atoms with Gasteiger partial charge in [-0.3, -0.25) is 24.2 Å². The van der Waals surface area contributed by atoms with Gasteiger partial charge in [0.25, 0.3) is 0 Å². The fourth-order valence-corrected chi connectivity index (χ4v) is 7.82. The van der Waals surface area contributed by atoms with Crippen LogP contribution < -0.4 is 5.73 Å². The van der Waals surface area contributed by atoms with Crippen molar-refractivity contribution in [2.45, 2.75) is 129 Å². The number of pyridine rings is 2. The molecule has 0 atom stereocenters. The molecule has 64 heavy (non-hydrogen) atoms. The monoisotopic (exact) mass is 881 g/mol. The van der Waals surface area contributed by atoms with E-state index in [1.54, 1.807) is 26.5 Å². The molecule has 2 aliphatic heterocycles. The van der Waals surface area contributed by atoms with Crippen molar-refractivity contribution >= 4 is 40.7 Å². The average Bonchev–Trinajstić information content (AvgIpc) is 3.26. The summed E-state index contributed by atoms with van der Waals surface area (Å²) in [5.74, 6) is -1.73. The Hall–Kier alpha value is -5.81. The molecule has 0 radical (unpaired) electrons. The van der Waals surface area contributed by atoms with Crippen LogP contribution in [0.2, 0.25) is 0 Å². The SMILES string of the molecule is CC(C)(C)OC(=O)CCCN.CCCCC(=O)c1cc2c(cn1)CC(=O)C(C#N)=C2N1CCC(C)(OC)CC1.COC1(C)CCN(C2=C(C#N)C(=O)Cc3cnc(C(=O)O)cc32)CC1. The second-order valence-corrected chi connectivity index (χ2v) is 17.9. The van der Waals surface area contributed by atoms with E-state index in [-0.39, 0.29) is 69.8 Å². The summed E-state index contributed by atoms with van der Waals surface area (Å²) in [5, 5.41) is 28.4. The predicted octanol–water partition coefficient (Wildman–Crippen LogP) is 6.02. The van der Waals surface area contributed by atoms with Crippen molar-refractivity contribution < 1.29 is 43.3 Å². The Balaban J connectivity index is 0.000000230. The summed E-state index contributed by atoms with van der Waals surface area (Å²) in [7, 11) is 3.40. The fraction of sp³-hybridized carbons (Fsp3) is 0.562. The number of hydrogen-bond donors (Lipinski definition) is 2. The quantitative estimate of drug-likeness (QED) is 0.183. The van der Waals surface area contributed by atoms with E-state index in [4.69, 9.17) is 19.9 Å². The lowest BCUT2D eigenvalue weighted by Crippen LogP contribution is -2.43. The van der Waals surface area contributed by atoms with Crippen molar-refractivity contribution in [3.63, 3.8) is 0 Å². The van der Waals surface area contributed by atoms with Crippen LogP contribution in [-0.2, 0) is 41.4 Å². The van der Waals surface area contributed by atoms with Gasteiger partial charge in [-0.15, -0.1) is 0 Å². The molecule has 0 aromatic carbocycles. The molecule has 0 amide bonds. The highest BCUT2D eigenvalue weighted by Crippen LogP contribution is 2.38. The number of nitrogens with two attached hydrogens (primary N) is 1. The fourth-order valence-electron chi connectivity index (χ4n) is 7.82. The van der Waals surface area contributed by atoms with Gasteiger partial charge in [0.15, 0.2) is 17.3 Å². The number of likely N-dealkylation sites (tertiary alicyclic amines) is 2. The first kappa shape index (κ1) is 50.8. The average molecular weight is 882 g/mol. The van der Waals surface area contributed by atoms with Gasteiger partial charge >= 0.3 is 11.9 Å². The molecule has 0 saturated carbocycles. The van der Waals surface area contributed by atoms with Gasteiger partial charge in [-0.1, -0.05) is 13.3 Å². The normalized spacial score (nSPS) is 17.7. The number of allylic oxidation sites excluding steroid dienone is 2. The summed E-state index contributed by atoms with van der Waals surface area (Å²) >= 11 is 0. The minimum atomic E-state index is -1.14. The standard InChI is InChI=1S/C22H27N3O3.C18H19N3O4.C8H17NO2/c1-4-5-6-19(26)18-12-16-15(14-24-18)11-20(27)17(13-23)21(16)25-9-7-22(2,28-3)8-10-25;1-18(25-2)3-5-21(6-4-18)16-12-8-14(17(23)24)20-10-11(12)7-15(22)13(16)9-19;1-8(2,3)11-7(10)5-4-6-9/h12,14H,4-11H2,1-3H3;8,10H,3-7H2,1-2H3,(H,23,24);4-6,9H2,1-3H3. The second-order valence-electron chi connectivity index (χ2n) is 17.9. The third-order valence-corrected chi connectivity index (χ3v) is 12.0. The van der Waals surface area contributed by atoms with E-state index in [0.717, 1.165) is 49.7 Å². The van der Waals surface area contributed by atoms with Crippen LogP contribution in [0.15, 0.2) is 35.7 Å². The number of carbonyl (C=O) groups is 5. The number of ether oxygens (including phenoxy) is 3. The molecule has 0 bridgehead atoms. The molecular weight excluding hydrogens is 819 g/mol. The first-order chi connectivity index (χ1) is 30.3. The minimum absolute atomic E-state index is 0.00464. The molecule has 2 aromatic rings. The van der Waals surface area contributed by atoms with Crippen molar-refractivity contribution in [3.05, 3.63) is 69.3 Å². The van der Waals surface area contributed by atoms with Crippen LogP contribution in [0.1, 0.15) is 143 Å². The zero-order valence-corrected chi connectivity index (χ0v) is 38.6. The first-order valence-electron chi connectivity index (χ1n) is 21.9. The van der Waals surface area contributed by atoms with Gasteiger partial charge in [0.2, 0.25) is 0 Å². The number of aromatic carboxylic acids is 1. The van der Waals surface area contributed by atoms with Gasteiger partial charge in [0.1, 0.15) is 40.3 Å². The van der Waals surface area contributed by atoms with Crippen molar-refractivity contribution in [2.75, 3.05) is 46.9 Å². The van der Waals surface area contributed by atoms with E-state index in [1.807, 2.05) is 45.6 Å². The van der Waals surface area contributed by atoms with Crippen LogP contribution in [0, 0.1) is 22.7 Å². The number of Topliss-reactive ketones (excluding diaryl/α,β-unsaturated/α-hetero) is 3. The van der Waals surface area contributed by atoms with Gasteiger partial charge in [-0.05, 0) is 103 Å². The van der Waals surface area contributed by atoms with Crippen LogP contribution in [0.25, 0.3) is 11.4 Å². The number of methoxy groups -OCH3 is 2. The summed E-state index contributed by atoms with van der Waals surface area (Å²) < 4.78 is 16.2. The highest BCUT2D eigenvalue weighted by atomic mass is 16.6. The van der Waals surface area contributed by atoms with E-state index in [0.29, 0.717) is 80.2 Å². The molecule has 3 N–H and O–H groups in total. The third kappa shape index (κ3) is 12.9. The topological polar surface area (TPSA) is 239 Å². The van der Waals surface area contributed by atoms with E-state index < -0.39 is 5.97 Å². The lowest BCUT2D eigenvalue weighted by atomic mass is 9.86. The van der Waals surface area contributed by atoms with Crippen molar-refractivity contribution in [1.82, 2.24) is 19.8 Å². The number of carboxylic acid groups (broad SMARTS) is 1. The Morgan fingerprint density at radius 2 is 1.22 bits per heavy atom. The highest BCUT2D eigenvalue weighted by Gasteiger charge is 2.37. The van der Waals surface area contributed by atoms with E-state index in [1.165, 1.54) is 12.3 Å². The van der Waals surface area contributed by atoms with Gasteiger partial charge in [0, 0.05) is 89.6 Å². The van der Waals surface area contributed by atoms with Gasteiger partial charge in [0.05, 0.1) is 22.6 Å². The summed E-state index contributed by atoms with van der Waals surface area (Å²) in [6, 6.07) is 7.36. The summed E-state index contributed by atoms with van der Waals surface area (Å²) in [5.41, 5.74) is 9.07. The number of fused-ring (bicyclic) bond motifs is 2. The van der Waals surface area contributed by atoms with Gasteiger partial charge in [-0.2, -0.15) is 10.5 Å². The smallest absolute Gasteiger partial charge is 0.354 e. The van der Waals surface area contributed by atoms with Crippen molar-refractivity contribution in [3.8, 4) is 12.1 Å². The molecule has 2 fully saturated rings. The minimum Gasteiger partial charge on any atom is -0.477 e. The number of hydrogen-bond acceptors (Lipinski definition) is 15. The summed E-state index contributed by atoms with van der Waals surface area (Å²) in [6.45, 7) is 14.9. The highest BCUT2D eigenvalue weighted by molar-refractivity contribution is 6.11. The summed E-state index contributed by atoms with van der Waals surface area (Å²) in [6.07, 6.45) is 9.76. The number of carbonyl (C=O) groups excluding carboxylic acids is 4. The zero-order chi connectivity index (χ0) is 47.4. The molecule has 16 heteroatoms. The number of ketones is 3. The van der Waals surface area contributed by atoms with Crippen LogP contribution in [-0.4, -0.2) is 118 Å². The number of piperidine rings is 2. The maximum Gasteiger partial charge on any atom is 0.354 e. The van der Waals surface area contributed by atoms with Crippen molar-refractivity contribution in [1.29, 1.82) is 10.5 Å². The van der Waals surface area contributed by atoms with Crippen LogP contribution >= 0.6 is 0 Å². The Bertz CT molecular complexity index is 2230. The molecule has 2 aromatic heterocycles. The number of unbranched alkanes of at least 4 members (excludes halogenated alkanes) is 1. The molecule has 6 rings (SSSR count). The zero-order valence-electron chi connectivity index (χ0n) is 38.6. The number of rotatable bonds is 12. The van der Waals surface area contributed by atoms with Gasteiger partial charge < -0.3 is 34.9 Å². The lowest BCUT2D eigenvalue weighted by Gasteiger charge is -2.41. The largest absolute Gasteiger partial charge is 0.477 e. The van der Waals surface area contributed by atoms with E-state index in [2.05, 4.69) is 27.9 Å². The van der Waals surface area contributed by atoms with Crippen LogP contribution in [0.5, 0.6) is 0 Å². The van der Waals surface area contributed by atoms with Gasteiger partial charge in [-0.25, -0.2) is 9.78 Å². The Morgan fingerprint density at radius 3 is 1.59 bits per heavy atom. The van der Waals surface area contributed by atoms with Crippen molar-refractivity contribution in [2.24, 2.45) is 5.73 Å². The van der Waals surface area contributed by atoms with Crippen LogP contribution in [0.4, 0.5) is 0 Å². The molecular formula is C48H63N7O9. The molecule has 4 aliphatic rings. The molecule has 0 unspecified atom stereocenters.